The van der Waals surface area contributed by atoms with Gasteiger partial charge in [-0.2, -0.15) is 0 Å². The Hall–Kier alpha value is -1.06. The van der Waals surface area contributed by atoms with Crippen LogP contribution in [0, 0.1) is 6.92 Å². The van der Waals surface area contributed by atoms with E-state index in [1.165, 1.54) is 0 Å². The highest BCUT2D eigenvalue weighted by Crippen LogP contribution is 2.15. The maximum atomic E-state index is 11.8. The van der Waals surface area contributed by atoms with Crippen LogP contribution in [0.25, 0.3) is 0 Å². The number of halogens is 1. The SMILES string of the molecule is CCCC(O)CNC(=O)c1cc(Cl)ccc1C. The van der Waals surface area contributed by atoms with Crippen molar-refractivity contribution >= 4 is 17.5 Å². The molecule has 1 aromatic rings. The largest absolute Gasteiger partial charge is 0.391 e. The number of carbonyl (C=O) groups is 1. The lowest BCUT2D eigenvalue weighted by molar-refractivity contribution is 0.0909. The number of amides is 1. The number of aliphatic hydroxyl groups excluding tert-OH is 1. The van der Waals surface area contributed by atoms with Gasteiger partial charge >= 0.3 is 0 Å². The van der Waals surface area contributed by atoms with Gasteiger partial charge in [0.25, 0.3) is 5.91 Å². The molecule has 0 radical (unpaired) electrons. The van der Waals surface area contributed by atoms with Crippen LogP contribution >= 0.6 is 11.6 Å². The number of hydrogen-bond acceptors (Lipinski definition) is 2. The molecule has 4 heteroatoms. The van der Waals surface area contributed by atoms with Crippen LogP contribution in [-0.4, -0.2) is 23.7 Å². The molecule has 1 aromatic carbocycles. The molecule has 94 valence electrons. The Morgan fingerprint density at radius 2 is 2.24 bits per heavy atom. The summed E-state index contributed by atoms with van der Waals surface area (Å²) in [7, 11) is 0. The van der Waals surface area contributed by atoms with Gasteiger partial charge in [0.05, 0.1) is 6.10 Å². The fourth-order valence-corrected chi connectivity index (χ4v) is 1.75. The molecule has 0 aliphatic carbocycles. The van der Waals surface area contributed by atoms with Gasteiger partial charge in [0.1, 0.15) is 0 Å². The Kier molecular flexibility index (Phi) is 5.45. The molecule has 2 N–H and O–H groups in total. The average molecular weight is 256 g/mol. The topological polar surface area (TPSA) is 49.3 Å². The first-order valence-electron chi connectivity index (χ1n) is 5.77. The second-order valence-electron chi connectivity index (χ2n) is 4.11. The van der Waals surface area contributed by atoms with Crippen molar-refractivity contribution in [1.82, 2.24) is 5.32 Å². The zero-order valence-corrected chi connectivity index (χ0v) is 10.9. The first kappa shape index (κ1) is 14.0. The summed E-state index contributed by atoms with van der Waals surface area (Å²) in [6.45, 7) is 4.12. The molecule has 0 aliphatic rings. The first-order chi connectivity index (χ1) is 8.04. The molecule has 17 heavy (non-hydrogen) atoms. The fourth-order valence-electron chi connectivity index (χ4n) is 1.58. The van der Waals surface area contributed by atoms with Crippen LogP contribution in [0.3, 0.4) is 0 Å². The Morgan fingerprint density at radius 3 is 2.88 bits per heavy atom. The van der Waals surface area contributed by atoms with Gasteiger partial charge in [0.2, 0.25) is 0 Å². The van der Waals surface area contributed by atoms with E-state index in [0.717, 1.165) is 12.0 Å². The van der Waals surface area contributed by atoms with Crippen molar-refractivity contribution < 1.29 is 9.90 Å². The number of nitrogens with one attached hydrogen (secondary N) is 1. The Bertz CT molecular complexity index is 393. The molecule has 0 bridgehead atoms. The molecule has 0 spiro atoms. The van der Waals surface area contributed by atoms with E-state index in [-0.39, 0.29) is 12.5 Å². The van der Waals surface area contributed by atoms with Crippen molar-refractivity contribution in [3.8, 4) is 0 Å². The van der Waals surface area contributed by atoms with Crippen molar-refractivity contribution in [2.24, 2.45) is 0 Å². The zero-order valence-electron chi connectivity index (χ0n) is 10.2. The van der Waals surface area contributed by atoms with Crippen molar-refractivity contribution in [2.75, 3.05) is 6.54 Å². The fraction of sp³-hybridized carbons (Fsp3) is 0.462. The van der Waals surface area contributed by atoms with Crippen LogP contribution in [0.5, 0.6) is 0 Å². The van der Waals surface area contributed by atoms with Gasteiger partial charge in [-0.05, 0) is 31.0 Å². The third kappa shape index (κ3) is 4.36. The van der Waals surface area contributed by atoms with E-state index in [0.29, 0.717) is 17.0 Å². The summed E-state index contributed by atoms with van der Waals surface area (Å²) >= 11 is 5.84. The highest BCUT2D eigenvalue weighted by molar-refractivity contribution is 6.31. The normalized spacial score (nSPS) is 12.2. The van der Waals surface area contributed by atoms with E-state index in [1.54, 1.807) is 18.2 Å². The minimum atomic E-state index is -0.483. The third-order valence-corrected chi connectivity index (χ3v) is 2.80. The molecule has 1 rings (SSSR count). The van der Waals surface area contributed by atoms with Crippen LogP contribution in [0.15, 0.2) is 18.2 Å². The van der Waals surface area contributed by atoms with Gasteiger partial charge in [-0.1, -0.05) is 31.0 Å². The molecule has 0 aromatic heterocycles. The maximum absolute atomic E-state index is 11.8. The van der Waals surface area contributed by atoms with Gasteiger partial charge in [0.15, 0.2) is 0 Å². The minimum absolute atomic E-state index is 0.194. The molecule has 0 fully saturated rings. The maximum Gasteiger partial charge on any atom is 0.251 e. The number of hydrogen-bond donors (Lipinski definition) is 2. The van der Waals surface area contributed by atoms with E-state index < -0.39 is 6.10 Å². The predicted octanol–water partition coefficient (Wildman–Crippen LogP) is 2.54. The van der Waals surface area contributed by atoms with Crippen molar-refractivity contribution in [3.05, 3.63) is 34.3 Å². The van der Waals surface area contributed by atoms with Crippen LogP contribution in [-0.2, 0) is 0 Å². The molecular formula is C13H18ClNO2. The van der Waals surface area contributed by atoms with Gasteiger partial charge in [-0.3, -0.25) is 4.79 Å². The third-order valence-electron chi connectivity index (χ3n) is 2.56. The lowest BCUT2D eigenvalue weighted by Crippen LogP contribution is -2.32. The lowest BCUT2D eigenvalue weighted by atomic mass is 10.1. The number of aryl methyl sites for hydroxylation is 1. The van der Waals surface area contributed by atoms with Crippen molar-refractivity contribution in [3.63, 3.8) is 0 Å². The van der Waals surface area contributed by atoms with Crippen molar-refractivity contribution in [2.45, 2.75) is 32.8 Å². The number of carbonyl (C=O) groups excluding carboxylic acids is 1. The molecule has 0 saturated heterocycles. The molecule has 0 saturated carbocycles. The van der Waals surface area contributed by atoms with E-state index in [4.69, 9.17) is 11.6 Å². The summed E-state index contributed by atoms with van der Waals surface area (Å²) in [6, 6.07) is 5.19. The zero-order chi connectivity index (χ0) is 12.8. The van der Waals surface area contributed by atoms with Gasteiger partial charge in [0, 0.05) is 17.1 Å². The van der Waals surface area contributed by atoms with E-state index >= 15 is 0 Å². The molecule has 1 unspecified atom stereocenters. The minimum Gasteiger partial charge on any atom is -0.391 e. The second-order valence-corrected chi connectivity index (χ2v) is 4.55. The Labute approximate surface area is 107 Å². The van der Waals surface area contributed by atoms with Gasteiger partial charge in [-0.15, -0.1) is 0 Å². The van der Waals surface area contributed by atoms with Gasteiger partial charge in [-0.25, -0.2) is 0 Å². The summed E-state index contributed by atoms with van der Waals surface area (Å²) < 4.78 is 0. The van der Waals surface area contributed by atoms with E-state index in [9.17, 15) is 9.90 Å². The van der Waals surface area contributed by atoms with Crippen LogP contribution < -0.4 is 5.32 Å². The predicted molar refractivity (Wildman–Crippen MR) is 69.4 cm³/mol. The van der Waals surface area contributed by atoms with Crippen molar-refractivity contribution in [1.29, 1.82) is 0 Å². The van der Waals surface area contributed by atoms with E-state index in [1.807, 2.05) is 13.8 Å². The summed E-state index contributed by atoms with van der Waals surface area (Å²) in [4.78, 5) is 11.8. The molecule has 1 atom stereocenters. The van der Waals surface area contributed by atoms with Crippen LogP contribution in [0.2, 0.25) is 5.02 Å². The first-order valence-corrected chi connectivity index (χ1v) is 6.14. The molecule has 0 heterocycles. The number of benzene rings is 1. The molecule has 1 amide bonds. The smallest absolute Gasteiger partial charge is 0.251 e. The van der Waals surface area contributed by atoms with Crippen LogP contribution in [0.4, 0.5) is 0 Å². The summed E-state index contributed by atoms with van der Waals surface area (Å²) in [5.41, 5.74) is 1.43. The Balaban J connectivity index is 2.61. The van der Waals surface area contributed by atoms with E-state index in [2.05, 4.69) is 5.32 Å². The molecule has 3 nitrogen and oxygen atoms in total. The Morgan fingerprint density at radius 1 is 1.53 bits per heavy atom. The summed E-state index contributed by atoms with van der Waals surface area (Å²) in [6.07, 6.45) is 1.10. The average Bonchev–Trinajstić information content (AvgIpc) is 2.29. The number of rotatable bonds is 5. The lowest BCUT2D eigenvalue weighted by Gasteiger charge is -2.12. The highest BCUT2D eigenvalue weighted by atomic mass is 35.5. The highest BCUT2D eigenvalue weighted by Gasteiger charge is 2.11. The summed E-state index contributed by atoms with van der Waals surface area (Å²) in [5, 5.41) is 12.8. The number of aliphatic hydroxyl groups is 1. The molecular weight excluding hydrogens is 238 g/mol. The second kappa shape index (κ2) is 6.62. The van der Waals surface area contributed by atoms with Gasteiger partial charge < -0.3 is 10.4 Å². The molecule has 0 aliphatic heterocycles. The monoisotopic (exact) mass is 255 g/mol. The van der Waals surface area contributed by atoms with Crippen LogP contribution in [0.1, 0.15) is 35.7 Å². The summed E-state index contributed by atoms with van der Waals surface area (Å²) in [5.74, 6) is -0.194. The standard InChI is InChI=1S/C13H18ClNO2/c1-3-4-11(16)8-15-13(17)12-7-10(14)6-5-9(12)2/h5-7,11,16H,3-4,8H2,1-2H3,(H,15,17). The quantitative estimate of drug-likeness (QED) is 0.850.